The number of hydrogen-bond donors (Lipinski definition) is 2. The quantitative estimate of drug-likeness (QED) is 0.540. The number of aromatic nitrogens is 2. The molecule has 1 aliphatic heterocycles. The monoisotopic (exact) mass is 511 g/mol. The molecular formula is C25H36F3N5O3. The van der Waals surface area contributed by atoms with E-state index in [1.165, 1.54) is 5.56 Å². The molecule has 36 heavy (non-hydrogen) atoms. The maximum atomic E-state index is 10.6. The lowest BCUT2D eigenvalue weighted by molar-refractivity contribution is -0.192. The maximum absolute atomic E-state index is 10.6. The molecule has 2 heterocycles. The lowest BCUT2D eigenvalue weighted by Gasteiger charge is -2.36. The van der Waals surface area contributed by atoms with Crippen LogP contribution in [0.5, 0.6) is 0 Å². The third kappa shape index (κ3) is 8.63. The Morgan fingerprint density at radius 3 is 2.31 bits per heavy atom. The number of carboxylic acids is 1. The fraction of sp³-hybridized carbons (Fsp3) is 0.560. The van der Waals surface area contributed by atoms with E-state index in [-0.39, 0.29) is 6.04 Å². The second-order valence-electron chi connectivity index (χ2n) is 9.11. The van der Waals surface area contributed by atoms with Gasteiger partial charge in [0.05, 0.1) is 12.1 Å². The number of carbonyl (C=O) groups is 1. The Balaban J connectivity index is 0.000000572. The zero-order valence-corrected chi connectivity index (χ0v) is 21.4. The van der Waals surface area contributed by atoms with Crippen LogP contribution in [0.2, 0.25) is 0 Å². The molecule has 0 radical (unpaired) electrons. The number of likely N-dealkylation sites (N-methyl/N-ethyl adjacent to an activating group) is 1. The highest BCUT2D eigenvalue weighted by molar-refractivity contribution is 5.73. The van der Waals surface area contributed by atoms with Gasteiger partial charge in [-0.05, 0) is 52.3 Å². The first-order valence-corrected chi connectivity index (χ1v) is 11.8. The van der Waals surface area contributed by atoms with Crippen molar-refractivity contribution in [1.29, 1.82) is 0 Å². The van der Waals surface area contributed by atoms with Crippen molar-refractivity contribution in [2.75, 3.05) is 51.1 Å². The lowest BCUT2D eigenvalue weighted by atomic mass is 9.92. The van der Waals surface area contributed by atoms with Crippen molar-refractivity contribution in [2.45, 2.75) is 45.0 Å². The van der Waals surface area contributed by atoms with Crippen LogP contribution in [0.25, 0.3) is 0 Å². The summed E-state index contributed by atoms with van der Waals surface area (Å²) in [6.45, 7) is 7.21. The minimum atomic E-state index is -5.08. The molecule has 200 valence electrons. The molecule has 0 bridgehead atoms. The first-order valence-electron chi connectivity index (χ1n) is 11.8. The number of alkyl halides is 3. The van der Waals surface area contributed by atoms with Crippen molar-refractivity contribution in [1.82, 2.24) is 14.9 Å². The summed E-state index contributed by atoms with van der Waals surface area (Å²) >= 11 is 0. The maximum Gasteiger partial charge on any atom is 0.490 e. The largest absolute Gasteiger partial charge is 0.490 e. The van der Waals surface area contributed by atoms with E-state index in [4.69, 9.17) is 14.6 Å². The van der Waals surface area contributed by atoms with E-state index < -0.39 is 12.1 Å². The molecule has 2 aromatic rings. The average Bonchev–Trinajstić information content (AvgIpc) is 2.84. The molecule has 1 aromatic heterocycles. The molecule has 11 heteroatoms. The number of aliphatic carboxylic acids is 1. The number of halogens is 3. The van der Waals surface area contributed by atoms with Crippen LogP contribution in [-0.4, -0.2) is 79.1 Å². The predicted octanol–water partition coefficient (Wildman–Crippen LogP) is 4.38. The molecule has 1 aromatic carbocycles. The summed E-state index contributed by atoms with van der Waals surface area (Å²) in [4.78, 5) is 22.7. The number of anilines is 2. The topological polar surface area (TPSA) is 90.8 Å². The first-order chi connectivity index (χ1) is 16.9. The predicted molar refractivity (Wildman–Crippen MR) is 133 cm³/mol. The third-order valence-electron chi connectivity index (χ3n) is 6.24. The summed E-state index contributed by atoms with van der Waals surface area (Å²) in [7, 11) is 6.00. The van der Waals surface area contributed by atoms with Crippen molar-refractivity contribution >= 4 is 17.6 Å². The van der Waals surface area contributed by atoms with Crippen molar-refractivity contribution in [3.8, 4) is 0 Å². The zero-order valence-electron chi connectivity index (χ0n) is 21.4. The molecule has 8 nitrogen and oxygen atoms in total. The van der Waals surface area contributed by atoms with Gasteiger partial charge in [-0.2, -0.15) is 13.2 Å². The number of piperidine rings is 1. The van der Waals surface area contributed by atoms with Crippen LogP contribution in [0.3, 0.4) is 0 Å². The van der Waals surface area contributed by atoms with E-state index in [9.17, 15) is 13.2 Å². The van der Waals surface area contributed by atoms with Gasteiger partial charge in [-0.15, -0.1) is 0 Å². The highest BCUT2D eigenvalue weighted by Gasteiger charge is 2.38. The van der Waals surface area contributed by atoms with E-state index in [2.05, 4.69) is 83.4 Å². The second kappa shape index (κ2) is 13.4. The fourth-order valence-electron chi connectivity index (χ4n) is 4.13. The Morgan fingerprint density at radius 2 is 1.81 bits per heavy atom. The minimum Gasteiger partial charge on any atom is -0.475 e. The van der Waals surface area contributed by atoms with Gasteiger partial charge in [-0.25, -0.2) is 14.8 Å². The summed E-state index contributed by atoms with van der Waals surface area (Å²) in [5.74, 6) is -0.174. The minimum absolute atomic E-state index is 0.168. The highest BCUT2D eigenvalue weighted by Crippen LogP contribution is 2.30. The summed E-state index contributed by atoms with van der Waals surface area (Å²) in [6, 6.07) is 10.7. The van der Waals surface area contributed by atoms with E-state index >= 15 is 0 Å². The van der Waals surface area contributed by atoms with E-state index in [0.29, 0.717) is 12.0 Å². The lowest BCUT2D eigenvalue weighted by Crippen LogP contribution is -2.38. The molecule has 1 aliphatic rings. The van der Waals surface area contributed by atoms with Gasteiger partial charge in [-0.1, -0.05) is 30.3 Å². The molecule has 2 atom stereocenters. The van der Waals surface area contributed by atoms with Crippen molar-refractivity contribution in [3.63, 3.8) is 0 Å². The van der Waals surface area contributed by atoms with Gasteiger partial charge in [0, 0.05) is 32.3 Å². The van der Waals surface area contributed by atoms with Gasteiger partial charge in [0.15, 0.2) is 0 Å². The Kier molecular flexibility index (Phi) is 10.9. The number of carboxylic acid groups (broad SMARTS) is 1. The smallest absolute Gasteiger partial charge is 0.475 e. The number of rotatable bonds is 8. The van der Waals surface area contributed by atoms with Gasteiger partial charge < -0.3 is 25.0 Å². The molecule has 1 fully saturated rings. The third-order valence-corrected chi connectivity index (χ3v) is 6.24. The van der Waals surface area contributed by atoms with Crippen LogP contribution in [0.15, 0.2) is 36.7 Å². The van der Waals surface area contributed by atoms with Gasteiger partial charge >= 0.3 is 12.1 Å². The van der Waals surface area contributed by atoms with Crippen molar-refractivity contribution < 1.29 is 27.8 Å². The summed E-state index contributed by atoms with van der Waals surface area (Å²) in [5, 5.41) is 10.8. The SMILES string of the molecule is COC(C)C1CCN(c2ncnc(NC(CN(C)C)c3ccccc3)c2C)CC1.O=C(O)C(F)(F)F. The van der Waals surface area contributed by atoms with E-state index in [0.717, 1.165) is 49.7 Å². The number of methoxy groups -OCH3 is 1. The van der Waals surface area contributed by atoms with Gasteiger partial charge in [0.1, 0.15) is 18.0 Å². The van der Waals surface area contributed by atoms with E-state index in [1.54, 1.807) is 13.4 Å². The summed E-state index contributed by atoms with van der Waals surface area (Å²) in [6.07, 6.45) is -0.812. The average molecular weight is 512 g/mol. The summed E-state index contributed by atoms with van der Waals surface area (Å²) in [5.41, 5.74) is 2.38. The summed E-state index contributed by atoms with van der Waals surface area (Å²) < 4.78 is 37.3. The molecular weight excluding hydrogens is 475 g/mol. The Labute approximate surface area is 210 Å². The van der Waals surface area contributed by atoms with Gasteiger partial charge in [0.2, 0.25) is 0 Å². The Morgan fingerprint density at radius 1 is 1.22 bits per heavy atom. The van der Waals surface area contributed by atoms with Crippen LogP contribution >= 0.6 is 0 Å². The fourth-order valence-corrected chi connectivity index (χ4v) is 4.13. The van der Waals surface area contributed by atoms with Crippen LogP contribution < -0.4 is 10.2 Å². The normalized spacial score (nSPS) is 16.2. The van der Waals surface area contributed by atoms with Gasteiger partial charge in [0.25, 0.3) is 0 Å². The molecule has 3 rings (SSSR count). The van der Waals surface area contributed by atoms with Crippen LogP contribution in [0.1, 0.15) is 36.9 Å². The second-order valence-corrected chi connectivity index (χ2v) is 9.11. The van der Waals surface area contributed by atoms with E-state index in [1.807, 2.05) is 0 Å². The number of nitrogens with one attached hydrogen (secondary N) is 1. The first kappa shape index (κ1) is 29.3. The van der Waals surface area contributed by atoms with Crippen molar-refractivity contribution in [2.24, 2.45) is 5.92 Å². The standard InChI is InChI=1S/C23H35N5O.C2HF3O2/c1-17-22(26-21(15-27(3)4)20-9-7-6-8-10-20)24-16-25-23(17)28-13-11-19(12-14-28)18(2)29-5;3-2(4,5)1(6)7/h6-10,16,18-19,21H,11-15H2,1-5H3,(H,24,25,26);(H,6,7). The van der Waals surface area contributed by atoms with Crippen molar-refractivity contribution in [3.05, 3.63) is 47.8 Å². The van der Waals surface area contributed by atoms with Crippen LogP contribution in [-0.2, 0) is 9.53 Å². The molecule has 0 aliphatic carbocycles. The van der Waals surface area contributed by atoms with Crippen LogP contribution in [0.4, 0.5) is 24.8 Å². The number of ether oxygens (including phenoxy) is 1. The number of benzene rings is 1. The molecule has 1 saturated heterocycles. The molecule has 0 spiro atoms. The zero-order chi connectivity index (χ0) is 26.9. The molecule has 0 saturated carbocycles. The number of hydrogen-bond acceptors (Lipinski definition) is 7. The van der Waals surface area contributed by atoms with Crippen LogP contribution in [0, 0.1) is 12.8 Å². The Hall–Kier alpha value is -2.92. The highest BCUT2D eigenvalue weighted by atomic mass is 19.4. The van der Waals surface area contributed by atoms with Gasteiger partial charge in [-0.3, -0.25) is 0 Å². The number of nitrogens with zero attached hydrogens (tertiary/aromatic N) is 4. The Bertz CT molecular complexity index is 952. The molecule has 2 N–H and O–H groups in total. The molecule has 0 amide bonds. The molecule has 2 unspecified atom stereocenters.